The Kier molecular flexibility index (Phi) is 4.91. The summed E-state index contributed by atoms with van der Waals surface area (Å²) in [5, 5.41) is 11.3. The second-order valence-corrected chi connectivity index (χ2v) is 5.80. The second-order valence-electron chi connectivity index (χ2n) is 3.52. The first-order valence-corrected chi connectivity index (χ1v) is 5.96. The standard InChI is InChI=1S/C9H11Cl3N2O3/c10-9(11,12)7(15)13-6-3-1-2-4-14(5-6)8(16)17/h1,3,6H,2,4-5H2,(H,13,15)(H,16,17)/t6-/m0/s1. The van der Waals surface area contributed by atoms with Crippen LogP contribution in [0, 0.1) is 0 Å². The van der Waals surface area contributed by atoms with Crippen molar-refractivity contribution in [2.24, 2.45) is 0 Å². The van der Waals surface area contributed by atoms with E-state index < -0.39 is 21.8 Å². The molecule has 0 fully saturated rings. The highest BCUT2D eigenvalue weighted by molar-refractivity contribution is 6.76. The molecule has 1 aliphatic heterocycles. The van der Waals surface area contributed by atoms with Crippen LogP contribution in [0.3, 0.4) is 0 Å². The highest BCUT2D eigenvalue weighted by atomic mass is 35.6. The first-order valence-electron chi connectivity index (χ1n) is 4.83. The van der Waals surface area contributed by atoms with Crippen molar-refractivity contribution < 1.29 is 14.7 Å². The predicted molar refractivity (Wildman–Crippen MR) is 65.6 cm³/mol. The lowest BCUT2D eigenvalue weighted by molar-refractivity contribution is -0.120. The van der Waals surface area contributed by atoms with Crippen molar-refractivity contribution in [1.29, 1.82) is 0 Å². The number of alkyl halides is 3. The van der Waals surface area contributed by atoms with Crippen molar-refractivity contribution in [3.63, 3.8) is 0 Å². The largest absolute Gasteiger partial charge is 0.465 e. The lowest BCUT2D eigenvalue weighted by Crippen LogP contribution is -2.47. The second kappa shape index (κ2) is 5.80. The van der Waals surface area contributed by atoms with Gasteiger partial charge in [0.2, 0.25) is 0 Å². The average molecular weight is 302 g/mol. The van der Waals surface area contributed by atoms with E-state index in [0.717, 1.165) is 0 Å². The topological polar surface area (TPSA) is 69.6 Å². The fourth-order valence-electron chi connectivity index (χ4n) is 1.40. The third-order valence-electron chi connectivity index (χ3n) is 2.20. The minimum absolute atomic E-state index is 0.137. The first kappa shape index (κ1) is 14.4. The summed E-state index contributed by atoms with van der Waals surface area (Å²) < 4.78 is -2.05. The molecule has 1 heterocycles. The molecule has 0 aromatic carbocycles. The maximum Gasteiger partial charge on any atom is 0.407 e. The van der Waals surface area contributed by atoms with Gasteiger partial charge < -0.3 is 15.3 Å². The summed E-state index contributed by atoms with van der Waals surface area (Å²) in [4.78, 5) is 23.5. The van der Waals surface area contributed by atoms with Gasteiger partial charge in [0.25, 0.3) is 9.70 Å². The number of amides is 2. The molecule has 1 atom stereocenters. The number of halogens is 3. The number of carbonyl (C=O) groups excluding carboxylic acids is 1. The Balaban J connectivity index is 2.63. The van der Waals surface area contributed by atoms with Crippen LogP contribution in [0.4, 0.5) is 4.79 Å². The van der Waals surface area contributed by atoms with E-state index in [1.807, 2.05) is 0 Å². The average Bonchev–Trinajstić information content (AvgIpc) is 2.41. The Morgan fingerprint density at radius 1 is 1.41 bits per heavy atom. The van der Waals surface area contributed by atoms with E-state index in [0.29, 0.717) is 13.0 Å². The molecule has 0 aromatic heterocycles. The van der Waals surface area contributed by atoms with Gasteiger partial charge in [-0.15, -0.1) is 0 Å². The lowest BCUT2D eigenvalue weighted by atomic mass is 10.2. The van der Waals surface area contributed by atoms with Gasteiger partial charge in [0.1, 0.15) is 0 Å². The molecule has 96 valence electrons. The summed E-state index contributed by atoms with van der Waals surface area (Å²) in [6.45, 7) is 0.518. The first-order chi connectivity index (χ1) is 7.80. The molecule has 5 nitrogen and oxygen atoms in total. The Labute approximate surface area is 113 Å². The van der Waals surface area contributed by atoms with Gasteiger partial charge in [0, 0.05) is 13.1 Å². The van der Waals surface area contributed by atoms with E-state index in [1.54, 1.807) is 12.2 Å². The zero-order valence-corrected chi connectivity index (χ0v) is 11.0. The molecule has 2 amide bonds. The summed E-state index contributed by atoms with van der Waals surface area (Å²) >= 11 is 16.2. The number of nitrogens with zero attached hydrogens (tertiary/aromatic N) is 1. The minimum atomic E-state index is -2.05. The number of hydrogen-bond donors (Lipinski definition) is 2. The van der Waals surface area contributed by atoms with Crippen molar-refractivity contribution in [3.8, 4) is 0 Å². The minimum Gasteiger partial charge on any atom is -0.465 e. The summed E-state index contributed by atoms with van der Waals surface area (Å²) in [5.74, 6) is -0.774. The zero-order chi connectivity index (χ0) is 13.1. The third kappa shape index (κ3) is 4.61. The Bertz CT molecular complexity index is 341. The van der Waals surface area contributed by atoms with E-state index in [2.05, 4.69) is 5.32 Å². The normalized spacial score (nSPS) is 20.9. The van der Waals surface area contributed by atoms with Crippen molar-refractivity contribution in [1.82, 2.24) is 10.2 Å². The molecule has 2 N–H and O–H groups in total. The number of carboxylic acid groups (broad SMARTS) is 1. The predicted octanol–water partition coefficient (Wildman–Crippen LogP) is 1.78. The quantitative estimate of drug-likeness (QED) is 0.573. The SMILES string of the molecule is O=C(O)N1CCC=C[C@H](NC(=O)C(Cl)(Cl)Cl)C1. The van der Waals surface area contributed by atoms with Crippen LogP contribution in [-0.2, 0) is 4.79 Å². The van der Waals surface area contributed by atoms with E-state index in [1.165, 1.54) is 4.90 Å². The molecule has 0 radical (unpaired) electrons. The van der Waals surface area contributed by atoms with Crippen molar-refractivity contribution in [2.75, 3.05) is 13.1 Å². The van der Waals surface area contributed by atoms with Crippen LogP contribution in [0.5, 0.6) is 0 Å². The zero-order valence-electron chi connectivity index (χ0n) is 8.70. The van der Waals surface area contributed by atoms with Crippen molar-refractivity contribution in [2.45, 2.75) is 16.3 Å². The van der Waals surface area contributed by atoms with Gasteiger partial charge in [-0.2, -0.15) is 0 Å². The highest BCUT2D eigenvalue weighted by Gasteiger charge is 2.32. The van der Waals surface area contributed by atoms with E-state index in [-0.39, 0.29) is 6.54 Å². The van der Waals surface area contributed by atoms with Gasteiger partial charge in [0.15, 0.2) is 0 Å². The molecule has 1 aliphatic rings. The van der Waals surface area contributed by atoms with Gasteiger partial charge in [-0.05, 0) is 6.42 Å². The van der Waals surface area contributed by atoms with Gasteiger partial charge in [-0.1, -0.05) is 47.0 Å². The van der Waals surface area contributed by atoms with E-state index in [4.69, 9.17) is 39.9 Å². The van der Waals surface area contributed by atoms with Crippen LogP contribution in [0.15, 0.2) is 12.2 Å². The van der Waals surface area contributed by atoms with Crippen molar-refractivity contribution >= 4 is 46.8 Å². The number of rotatable bonds is 1. The number of nitrogens with one attached hydrogen (secondary N) is 1. The Morgan fingerprint density at radius 2 is 2.06 bits per heavy atom. The molecular formula is C9H11Cl3N2O3. The molecule has 0 saturated carbocycles. The summed E-state index contributed by atoms with van der Waals surface area (Å²) in [6, 6.07) is -0.489. The van der Waals surface area contributed by atoms with Crippen LogP contribution in [0.2, 0.25) is 0 Å². The molecular weight excluding hydrogens is 290 g/mol. The molecule has 0 aromatic rings. The number of hydrogen-bond acceptors (Lipinski definition) is 2. The molecule has 0 bridgehead atoms. The maximum atomic E-state index is 11.4. The van der Waals surface area contributed by atoms with Crippen LogP contribution in [0.25, 0.3) is 0 Å². The fraction of sp³-hybridized carbons (Fsp3) is 0.556. The third-order valence-corrected chi connectivity index (χ3v) is 2.71. The lowest BCUT2D eigenvalue weighted by Gasteiger charge is -2.23. The van der Waals surface area contributed by atoms with Gasteiger partial charge in [-0.25, -0.2) is 4.79 Å². The van der Waals surface area contributed by atoms with Crippen LogP contribution < -0.4 is 5.32 Å². The molecule has 1 rings (SSSR count). The molecule has 0 unspecified atom stereocenters. The fourth-order valence-corrected chi connectivity index (χ4v) is 1.56. The van der Waals surface area contributed by atoms with E-state index >= 15 is 0 Å². The van der Waals surface area contributed by atoms with E-state index in [9.17, 15) is 9.59 Å². The molecule has 8 heteroatoms. The Morgan fingerprint density at radius 3 is 2.59 bits per heavy atom. The van der Waals surface area contributed by atoms with Crippen molar-refractivity contribution in [3.05, 3.63) is 12.2 Å². The summed E-state index contributed by atoms with van der Waals surface area (Å²) in [7, 11) is 0. The Hall–Kier alpha value is -0.650. The highest BCUT2D eigenvalue weighted by Crippen LogP contribution is 2.26. The van der Waals surface area contributed by atoms with Crippen LogP contribution in [0.1, 0.15) is 6.42 Å². The van der Waals surface area contributed by atoms with Gasteiger partial charge in [0.05, 0.1) is 6.04 Å². The molecule has 0 saturated heterocycles. The smallest absolute Gasteiger partial charge is 0.407 e. The number of carbonyl (C=O) groups is 2. The van der Waals surface area contributed by atoms with Gasteiger partial charge in [-0.3, -0.25) is 4.79 Å². The maximum absolute atomic E-state index is 11.4. The summed E-state index contributed by atoms with van der Waals surface area (Å²) in [5.41, 5.74) is 0. The van der Waals surface area contributed by atoms with Crippen LogP contribution >= 0.6 is 34.8 Å². The van der Waals surface area contributed by atoms with Gasteiger partial charge >= 0.3 is 6.09 Å². The monoisotopic (exact) mass is 300 g/mol. The van der Waals surface area contributed by atoms with Crippen LogP contribution in [-0.4, -0.2) is 44.9 Å². The summed E-state index contributed by atoms with van der Waals surface area (Å²) in [6.07, 6.45) is 3.03. The molecule has 17 heavy (non-hydrogen) atoms. The molecule has 0 aliphatic carbocycles. The molecule has 0 spiro atoms.